The first kappa shape index (κ1) is 10.5. The van der Waals surface area contributed by atoms with Crippen LogP contribution in [0.4, 0.5) is 0 Å². The lowest BCUT2D eigenvalue weighted by atomic mass is 10.0. The molecule has 4 heteroatoms. The molecule has 1 heterocycles. The van der Waals surface area contributed by atoms with Crippen molar-refractivity contribution >= 4 is 6.41 Å². The fourth-order valence-corrected chi connectivity index (χ4v) is 1.79. The van der Waals surface area contributed by atoms with Crippen molar-refractivity contribution in [1.29, 1.82) is 0 Å². The van der Waals surface area contributed by atoms with Gasteiger partial charge in [-0.25, -0.2) is 5.84 Å². The van der Waals surface area contributed by atoms with E-state index >= 15 is 0 Å². The number of rotatable bonds is 4. The number of amides is 1. The molecule has 76 valence electrons. The highest BCUT2D eigenvalue weighted by Crippen LogP contribution is 2.15. The third-order valence-electron chi connectivity index (χ3n) is 2.72. The summed E-state index contributed by atoms with van der Waals surface area (Å²) < 4.78 is 0. The zero-order valence-electron chi connectivity index (χ0n) is 8.28. The molecule has 1 saturated heterocycles. The molecule has 1 aliphatic heterocycles. The Balaban J connectivity index is 2.22. The Bertz CT molecular complexity index is 163. The SMILES string of the molecule is CC1CCCCN1CCN(N)C=O. The zero-order valence-corrected chi connectivity index (χ0v) is 8.28. The van der Waals surface area contributed by atoms with Gasteiger partial charge in [0.2, 0.25) is 6.41 Å². The quantitative estimate of drug-likeness (QED) is 0.294. The van der Waals surface area contributed by atoms with Crippen molar-refractivity contribution in [2.75, 3.05) is 19.6 Å². The summed E-state index contributed by atoms with van der Waals surface area (Å²) in [7, 11) is 0. The Labute approximate surface area is 79.6 Å². The van der Waals surface area contributed by atoms with Crippen LogP contribution >= 0.6 is 0 Å². The number of hydrazine groups is 1. The van der Waals surface area contributed by atoms with Crippen molar-refractivity contribution < 1.29 is 4.79 Å². The van der Waals surface area contributed by atoms with Gasteiger partial charge >= 0.3 is 0 Å². The molecule has 1 rings (SSSR count). The topological polar surface area (TPSA) is 49.6 Å². The Kier molecular flexibility index (Phi) is 4.18. The summed E-state index contributed by atoms with van der Waals surface area (Å²) in [6.07, 6.45) is 4.55. The predicted molar refractivity (Wildman–Crippen MR) is 51.8 cm³/mol. The first-order chi connectivity index (χ1) is 6.24. The second-order valence-corrected chi connectivity index (χ2v) is 3.72. The highest BCUT2D eigenvalue weighted by molar-refractivity contribution is 5.45. The van der Waals surface area contributed by atoms with Crippen molar-refractivity contribution in [1.82, 2.24) is 9.91 Å². The van der Waals surface area contributed by atoms with Crippen LogP contribution < -0.4 is 5.84 Å². The Morgan fingerprint density at radius 2 is 2.38 bits per heavy atom. The van der Waals surface area contributed by atoms with E-state index in [1.165, 1.54) is 24.3 Å². The molecule has 0 aromatic rings. The van der Waals surface area contributed by atoms with Crippen molar-refractivity contribution in [3.8, 4) is 0 Å². The van der Waals surface area contributed by atoms with Crippen molar-refractivity contribution in [2.45, 2.75) is 32.2 Å². The zero-order chi connectivity index (χ0) is 9.68. The monoisotopic (exact) mass is 185 g/mol. The smallest absolute Gasteiger partial charge is 0.223 e. The second-order valence-electron chi connectivity index (χ2n) is 3.72. The van der Waals surface area contributed by atoms with Gasteiger partial charge in [-0.05, 0) is 26.3 Å². The Morgan fingerprint density at radius 3 is 3.00 bits per heavy atom. The number of carbonyl (C=O) groups excluding carboxylic acids is 1. The van der Waals surface area contributed by atoms with E-state index in [0.717, 1.165) is 13.1 Å². The number of nitrogens with two attached hydrogens (primary N) is 1. The van der Waals surface area contributed by atoms with Crippen LogP contribution in [0.25, 0.3) is 0 Å². The Hall–Kier alpha value is -0.610. The molecule has 1 fully saturated rings. The van der Waals surface area contributed by atoms with E-state index < -0.39 is 0 Å². The minimum Gasteiger partial charge on any atom is -0.299 e. The van der Waals surface area contributed by atoms with E-state index in [9.17, 15) is 4.79 Å². The minimum atomic E-state index is 0.633. The van der Waals surface area contributed by atoms with Gasteiger partial charge < -0.3 is 0 Å². The van der Waals surface area contributed by atoms with Crippen LogP contribution in [-0.4, -0.2) is 42.0 Å². The molecule has 0 spiro atoms. The third kappa shape index (κ3) is 3.32. The number of nitrogens with zero attached hydrogens (tertiary/aromatic N) is 2. The van der Waals surface area contributed by atoms with Gasteiger partial charge in [-0.3, -0.25) is 14.7 Å². The molecule has 0 aromatic heterocycles. The van der Waals surface area contributed by atoms with Crippen LogP contribution in [0.1, 0.15) is 26.2 Å². The van der Waals surface area contributed by atoms with Gasteiger partial charge in [0, 0.05) is 19.1 Å². The maximum absolute atomic E-state index is 10.2. The highest BCUT2D eigenvalue weighted by atomic mass is 16.1. The summed E-state index contributed by atoms with van der Waals surface area (Å²) in [5.41, 5.74) is 0. The van der Waals surface area contributed by atoms with Gasteiger partial charge in [0.1, 0.15) is 0 Å². The van der Waals surface area contributed by atoms with Crippen LogP contribution in [0.15, 0.2) is 0 Å². The van der Waals surface area contributed by atoms with E-state index in [-0.39, 0.29) is 0 Å². The molecule has 0 saturated carbocycles. The van der Waals surface area contributed by atoms with Gasteiger partial charge in [-0.2, -0.15) is 0 Å². The molecule has 0 aromatic carbocycles. The van der Waals surface area contributed by atoms with Crippen LogP contribution in [0.5, 0.6) is 0 Å². The Morgan fingerprint density at radius 1 is 1.62 bits per heavy atom. The van der Waals surface area contributed by atoms with E-state index in [2.05, 4.69) is 11.8 Å². The first-order valence-corrected chi connectivity index (χ1v) is 4.94. The first-order valence-electron chi connectivity index (χ1n) is 4.94. The molecule has 1 amide bonds. The fraction of sp³-hybridized carbons (Fsp3) is 0.889. The molecule has 13 heavy (non-hydrogen) atoms. The van der Waals surface area contributed by atoms with Gasteiger partial charge in [-0.1, -0.05) is 6.42 Å². The summed E-state index contributed by atoms with van der Waals surface area (Å²) in [6, 6.07) is 0.647. The molecule has 4 nitrogen and oxygen atoms in total. The molecule has 0 radical (unpaired) electrons. The summed E-state index contributed by atoms with van der Waals surface area (Å²) >= 11 is 0. The molecule has 0 bridgehead atoms. The van der Waals surface area contributed by atoms with E-state index in [0.29, 0.717) is 19.0 Å². The number of piperidine rings is 1. The maximum Gasteiger partial charge on any atom is 0.223 e. The standard InChI is InChI=1S/C9H19N3O/c1-9-4-2-3-5-11(9)6-7-12(10)8-13/h8-9H,2-7,10H2,1H3. The second kappa shape index (κ2) is 5.19. The van der Waals surface area contributed by atoms with Crippen molar-refractivity contribution in [3.05, 3.63) is 0 Å². The van der Waals surface area contributed by atoms with Crippen LogP contribution in [-0.2, 0) is 4.79 Å². The molecule has 0 aliphatic carbocycles. The summed E-state index contributed by atoms with van der Waals surface area (Å²) in [5, 5.41) is 1.21. The van der Waals surface area contributed by atoms with Gasteiger partial charge in [-0.15, -0.1) is 0 Å². The molecular weight excluding hydrogens is 166 g/mol. The van der Waals surface area contributed by atoms with Gasteiger partial charge in [0.15, 0.2) is 0 Å². The largest absolute Gasteiger partial charge is 0.299 e. The number of hydrogen-bond acceptors (Lipinski definition) is 3. The maximum atomic E-state index is 10.2. The lowest BCUT2D eigenvalue weighted by molar-refractivity contribution is -0.118. The van der Waals surface area contributed by atoms with Crippen LogP contribution in [0, 0.1) is 0 Å². The minimum absolute atomic E-state index is 0.633. The lowest BCUT2D eigenvalue weighted by Crippen LogP contribution is -2.43. The lowest BCUT2D eigenvalue weighted by Gasteiger charge is -2.33. The normalized spacial score (nSPS) is 24.3. The molecule has 1 atom stereocenters. The molecule has 1 aliphatic rings. The molecule has 1 unspecified atom stereocenters. The summed E-state index contributed by atoms with van der Waals surface area (Å²) in [4.78, 5) is 12.6. The highest BCUT2D eigenvalue weighted by Gasteiger charge is 2.17. The van der Waals surface area contributed by atoms with E-state index in [4.69, 9.17) is 5.84 Å². The van der Waals surface area contributed by atoms with Gasteiger partial charge in [0.25, 0.3) is 0 Å². The van der Waals surface area contributed by atoms with E-state index in [1.807, 2.05) is 0 Å². The van der Waals surface area contributed by atoms with Crippen LogP contribution in [0.2, 0.25) is 0 Å². The fourth-order valence-electron chi connectivity index (χ4n) is 1.79. The van der Waals surface area contributed by atoms with Gasteiger partial charge in [0.05, 0.1) is 0 Å². The van der Waals surface area contributed by atoms with Crippen molar-refractivity contribution in [2.24, 2.45) is 5.84 Å². The number of likely N-dealkylation sites (tertiary alicyclic amines) is 1. The molecule has 2 N–H and O–H groups in total. The average molecular weight is 185 g/mol. The van der Waals surface area contributed by atoms with Crippen molar-refractivity contribution in [3.63, 3.8) is 0 Å². The summed E-state index contributed by atoms with van der Waals surface area (Å²) in [5.74, 6) is 5.37. The third-order valence-corrected chi connectivity index (χ3v) is 2.72. The molecular formula is C9H19N3O. The summed E-state index contributed by atoms with van der Waals surface area (Å²) in [6.45, 7) is 4.92. The number of carbonyl (C=O) groups is 1. The predicted octanol–water partition coefficient (Wildman–Crippen LogP) is 0.193. The van der Waals surface area contributed by atoms with Crippen LogP contribution in [0.3, 0.4) is 0 Å². The average Bonchev–Trinajstić information content (AvgIpc) is 2.16. The number of hydrogen-bond donors (Lipinski definition) is 1. The van der Waals surface area contributed by atoms with E-state index in [1.54, 1.807) is 0 Å².